The molecule has 0 aliphatic heterocycles. The van der Waals surface area contributed by atoms with Crippen LogP contribution in [-0.4, -0.2) is 38.5 Å². The number of carbonyl (C=O) groups is 1. The summed E-state index contributed by atoms with van der Waals surface area (Å²) in [7, 11) is -3.16. The zero-order valence-corrected chi connectivity index (χ0v) is 10.6. The minimum atomic E-state index is -3.16. The van der Waals surface area contributed by atoms with Gasteiger partial charge in [-0.3, -0.25) is 4.79 Å². The summed E-state index contributed by atoms with van der Waals surface area (Å²) in [6.45, 7) is 2.40. The maximum atomic E-state index is 11.2. The van der Waals surface area contributed by atoms with E-state index in [0.717, 1.165) is 6.26 Å². The molecule has 1 amide bonds. The molecular formula is C7H15BrN2O3S. The van der Waals surface area contributed by atoms with Crippen LogP contribution in [0.15, 0.2) is 0 Å². The molecule has 0 saturated heterocycles. The van der Waals surface area contributed by atoms with E-state index in [1.807, 2.05) is 6.92 Å². The number of rotatable bonds is 6. The fourth-order valence-corrected chi connectivity index (χ4v) is 1.35. The molecule has 0 aliphatic rings. The van der Waals surface area contributed by atoms with Crippen LogP contribution in [0.5, 0.6) is 0 Å². The molecule has 0 radical (unpaired) electrons. The molecule has 2 N–H and O–H groups in total. The molecule has 0 rings (SSSR count). The normalized spacial score (nSPS) is 13.6. The maximum absolute atomic E-state index is 11.2. The zero-order chi connectivity index (χ0) is 11.2. The number of hydrogen-bond donors (Lipinski definition) is 2. The summed E-state index contributed by atoms with van der Waals surface area (Å²) < 4.78 is 23.5. The first-order valence-electron chi connectivity index (χ1n) is 4.23. The number of nitrogens with one attached hydrogen (secondary N) is 2. The van der Waals surface area contributed by atoms with Crippen LogP contribution in [0.2, 0.25) is 0 Å². The van der Waals surface area contributed by atoms with Crippen LogP contribution in [0.4, 0.5) is 0 Å². The molecule has 5 nitrogen and oxygen atoms in total. The molecule has 0 aliphatic carbocycles. The number of sulfonamides is 1. The fourth-order valence-electron chi connectivity index (χ4n) is 0.718. The Kier molecular flexibility index (Phi) is 6.30. The van der Waals surface area contributed by atoms with Crippen molar-refractivity contribution in [1.29, 1.82) is 0 Å². The predicted octanol–water partition coefficient (Wildman–Crippen LogP) is -0.175. The van der Waals surface area contributed by atoms with E-state index in [1.165, 1.54) is 0 Å². The first-order valence-corrected chi connectivity index (χ1v) is 7.04. The highest BCUT2D eigenvalue weighted by Gasteiger charge is 2.10. The van der Waals surface area contributed by atoms with Crippen molar-refractivity contribution >= 4 is 31.9 Å². The molecule has 1 unspecified atom stereocenters. The lowest BCUT2D eigenvalue weighted by Gasteiger charge is -2.08. The topological polar surface area (TPSA) is 75.3 Å². The molecule has 0 aromatic carbocycles. The van der Waals surface area contributed by atoms with Crippen molar-refractivity contribution in [2.45, 2.75) is 18.2 Å². The van der Waals surface area contributed by atoms with Gasteiger partial charge >= 0.3 is 0 Å². The Morgan fingerprint density at radius 1 is 1.43 bits per heavy atom. The average Bonchev–Trinajstić information content (AvgIpc) is 2.09. The fraction of sp³-hybridized carbons (Fsp3) is 0.857. The Bertz CT molecular complexity index is 279. The first kappa shape index (κ1) is 13.9. The van der Waals surface area contributed by atoms with Crippen molar-refractivity contribution in [3.63, 3.8) is 0 Å². The molecule has 84 valence electrons. The van der Waals surface area contributed by atoms with E-state index in [0.29, 0.717) is 13.0 Å². The summed E-state index contributed by atoms with van der Waals surface area (Å²) in [5, 5.41) is 2.59. The van der Waals surface area contributed by atoms with Gasteiger partial charge in [0.15, 0.2) is 0 Å². The van der Waals surface area contributed by atoms with E-state index in [-0.39, 0.29) is 17.3 Å². The number of hydrogen-bond acceptors (Lipinski definition) is 3. The van der Waals surface area contributed by atoms with E-state index < -0.39 is 10.0 Å². The second-order valence-corrected chi connectivity index (χ2v) is 5.77. The highest BCUT2D eigenvalue weighted by molar-refractivity contribution is 9.10. The van der Waals surface area contributed by atoms with Crippen LogP contribution in [0.3, 0.4) is 0 Å². The molecule has 0 aromatic rings. The number of carbonyl (C=O) groups excluding carboxylic acids is 1. The Hall–Kier alpha value is -0.140. The van der Waals surface area contributed by atoms with E-state index in [4.69, 9.17) is 0 Å². The monoisotopic (exact) mass is 286 g/mol. The number of alkyl halides is 1. The van der Waals surface area contributed by atoms with Crippen LogP contribution >= 0.6 is 15.9 Å². The number of halogens is 1. The average molecular weight is 287 g/mol. The minimum Gasteiger partial charge on any atom is -0.354 e. The van der Waals surface area contributed by atoms with Crippen LogP contribution in [0.1, 0.15) is 13.3 Å². The summed E-state index contributed by atoms with van der Waals surface area (Å²) >= 11 is 3.18. The van der Waals surface area contributed by atoms with E-state index in [1.54, 1.807) is 0 Å². The van der Waals surface area contributed by atoms with Crippen molar-refractivity contribution in [1.82, 2.24) is 10.0 Å². The van der Waals surface area contributed by atoms with Gasteiger partial charge in [0.05, 0.1) is 11.1 Å². The second kappa shape index (κ2) is 6.36. The molecule has 0 heterocycles. The maximum Gasteiger partial charge on any atom is 0.233 e. The third kappa shape index (κ3) is 7.28. The Morgan fingerprint density at radius 2 is 2.00 bits per heavy atom. The lowest BCUT2D eigenvalue weighted by molar-refractivity contribution is -0.120. The molecule has 0 fully saturated rings. The Balaban J connectivity index is 3.61. The molecule has 14 heavy (non-hydrogen) atoms. The largest absolute Gasteiger partial charge is 0.354 e. The molecular weight excluding hydrogens is 272 g/mol. The molecule has 0 spiro atoms. The molecule has 1 atom stereocenters. The zero-order valence-electron chi connectivity index (χ0n) is 8.21. The van der Waals surface area contributed by atoms with Gasteiger partial charge in [-0.15, -0.1) is 0 Å². The quantitative estimate of drug-likeness (QED) is 0.526. The second-order valence-electron chi connectivity index (χ2n) is 2.83. The molecule has 0 saturated carbocycles. The standard InChI is InChI=1S/C7H15BrN2O3S/c1-3-6(8)7(11)9-4-5-10-14(2,12)13/h6,10H,3-5H2,1-2H3,(H,9,11). The van der Waals surface area contributed by atoms with Gasteiger partial charge in [-0.1, -0.05) is 22.9 Å². The van der Waals surface area contributed by atoms with Gasteiger partial charge in [-0.2, -0.15) is 0 Å². The SMILES string of the molecule is CCC(Br)C(=O)NCCNS(C)(=O)=O. The highest BCUT2D eigenvalue weighted by Crippen LogP contribution is 2.02. The summed E-state index contributed by atoms with van der Waals surface area (Å²) in [6, 6.07) is 0. The first-order chi connectivity index (χ1) is 6.37. The smallest absolute Gasteiger partial charge is 0.233 e. The van der Waals surface area contributed by atoms with Crippen LogP contribution in [-0.2, 0) is 14.8 Å². The summed E-state index contributed by atoms with van der Waals surface area (Å²) in [5.74, 6) is -0.122. The van der Waals surface area contributed by atoms with Crippen molar-refractivity contribution in [3.05, 3.63) is 0 Å². The molecule has 0 bridgehead atoms. The van der Waals surface area contributed by atoms with Crippen molar-refractivity contribution in [2.75, 3.05) is 19.3 Å². The molecule has 0 aromatic heterocycles. The third-order valence-electron chi connectivity index (χ3n) is 1.43. The van der Waals surface area contributed by atoms with Gasteiger partial charge in [-0.05, 0) is 6.42 Å². The Labute approximate surface area is 92.8 Å². The van der Waals surface area contributed by atoms with Crippen molar-refractivity contribution < 1.29 is 13.2 Å². The highest BCUT2D eigenvalue weighted by atomic mass is 79.9. The van der Waals surface area contributed by atoms with Crippen molar-refractivity contribution in [3.8, 4) is 0 Å². The van der Waals surface area contributed by atoms with Gasteiger partial charge < -0.3 is 5.32 Å². The van der Waals surface area contributed by atoms with Crippen LogP contribution in [0, 0.1) is 0 Å². The van der Waals surface area contributed by atoms with Gasteiger partial charge in [0.25, 0.3) is 0 Å². The lowest BCUT2D eigenvalue weighted by Crippen LogP contribution is -2.37. The minimum absolute atomic E-state index is 0.122. The van der Waals surface area contributed by atoms with Gasteiger partial charge in [-0.25, -0.2) is 13.1 Å². The summed E-state index contributed by atoms with van der Waals surface area (Å²) in [5.41, 5.74) is 0. The van der Waals surface area contributed by atoms with Gasteiger partial charge in [0.1, 0.15) is 0 Å². The molecule has 7 heteroatoms. The number of amides is 1. The lowest BCUT2D eigenvalue weighted by atomic mass is 10.3. The van der Waals surface area contributed by atoms with E-state index in [2.05, 4.69) is 26.0 Å². The van der Waals surface area contributed by atoms with Gasteiger partial charge in [0.2, 0.25) is 15.9 Å². The predicted molar refractivity (Wildman–Crippen MR) is 58.9 cm³/mol. The Morgan fingerprint density at radius 3 is 2.43 bits per heavy atom. The van der Waals surface area contributed by atoms with E-state index in [9.17, 15) is 13.2 Å². The van der Waals surface area contributed by atoms with Crippen LogP contribution < -0.4 is 10.0 Å². The van der Waals surface area contributed by atoms with Crippen molar-refractivity contribution in [2.24, 2.45) is 0 Å². The van der Waals surface area contributed by atoms with Crippen LogP contribution in [0.25, 0.3) is 0 Å². The summed E-state index contributed by atoms with van der Waals surface area (Å²) in [6.07, 6.45) is 1.78. The third-order valence-corrected chi connectivity index (χ3v) is 3.22. The van der Waals surface area contributed by atoms with Gasteiger partial charge in [0, 0.05) is 13.1 Å². The summed E-state index contributed by atoms with van der Waals surface area (Å²) in [4.78, 5) is 11.0. The van der Waals surface area contributed by atoms with E-state index >= 15 is 0 Å².